The number of hydrogen-bond acceptors (Lipinski definition) is 2. The molecular formula is C12H21NO2. The van der Waals surface area contributed by atoms with Gasteiger partial charge in [-0.2, -0.15) is 0 Å². The minimum atomic E-state index is -0.186. The fourth-order valence-corrected chi connectivity index (χ4v) is 2.82. The molecule has 0 aromatic heterocycles. The molecule has 0 aromatic rings. The third-order valence-corrected chi connectivity index (χ3v) is 3.88. The van der Waals surface area contributed by atoms with Crippen LogP contribution in [-0.4, -0.2) is 23.7 Å². The molecule has 0 aliphatic heterocycles. The summed E-state index contributed by atoms with van der Waals surface area (Å²) in [4.78, 5) is 11.7. The summed E-state index contributed by atoms with van der Waals surface area (Å²) in [6.07, 6.45) is 7.39. The quantitative estimate of drug-likeness (QED) is 0.742. The van der Waals surface area contributed by atoms with Crippen molar-refractivity contribution in [3.63, 3.8) is 0 Å². The number of rotatable bonds is 3. The summed E-state index contributed by atoms with van der Waals surface area (Å²) >= 11 is 0. The molecule has 2 atom stereocenters. The van der Waals surface area contributed by atoms with Crippen molar-refractivity contribution < 1.29 is 9.90 Å². The van der Waals surface area contributed by atoms with Gasteiger partial charge in [0.15, 0.2) is 0 Å². The normalized spacial score (nSPS) is 32.1. The average Bonchev–Trinajstić information content (AvgIpc) is 2.85. The molecule has 2 aliphatic carbocycles. The first-order chi connectivity index (χ1) is 7.27. The Labute approximate surface area is 91.2 Å². The van der Waals surface area contributed by atoms with Gasteiger partial charge in [0.2, 0.25) is 5.91 Å². The zero-order valence-corrected chi connectivity index (χ0v) is 9.24. The van der Waals surface area contributed by atoms with E-state index in [-0.39, 0.29) is 17.9 Å². The highest BCUT2D eigenvalue weighted by Crippen LogP contribution is 2.26. The van der Waals surface area contributed by atoms with Crippen LogP contribution in [0, 0.1) is 11.8 Å². The fraction of sp³-hybridized carbons (Fsp3) is 0.917. The molecule has 2 aliphatic rings. The van der Waals surface area contributed by atoms with Gasteiger partial charge in [0.25, 0.3) is 0 Å². The van der Waals surface area contributed by atoms with Gasteiger partial charge in [-0.25, -0.2) is 0 Å². The molecule has 3 nitrogen and oxygen atoms in total. The molecule has 15 heavy (non-hydrogen) atoms. The third kappa shape index (κ3) is 2.71. The number of carbonyl (C=O) groups is 1. The van der Waals surface area contributed by atoms with Gasteiger partial charge >= 0.3 is 0 Å². The van der Waals surface area contributed by atoms with E-state index in [0.29, 0.717) is 12.5 Å². The molecule has 1 amide bonds. The van der Waals surface area contributed by atoms with E-state index in [9.17, 15) is 9.90 Å². The molecule has 0 saturated heterocycles. The fourth-order valence-electron chi connectivity index (χ4n) is 2.82. The van der Waals surface area contributed by atoms with Gasteiger partial charge in [-0.3, -0.25) is 4.79 Å². The second-order valence-electron chi connectivity index (χ2n) is 4.98. The maximum absolute atomic E-state index is 11.7. The van der Waals surface area contributed by atoms with Gasteiger partial charge in [-0.05, 0) is 25.7 Å². The number of carbonyl (C=O) groups excluding carboxylic acids is 1. The summed E-state index contributed by atoms with van der Waals surface area (Å²) in [5, 5.41) is 12.6. The first kappa shape index (κ1) is 10.9. The van der Waals surface area contributed by atoms with Crippen molar-refractivity contribution >= 4 is 5.91 Å². The van der Waals surface area contributed by atoms with Gasteiger partial charge < -0.3 is 10.4 Å². The summed E-state index contributed by atoms with van der Waals surface area (Å²) in [6, 6.07) is 0. The van der Waals surface area contributed by atoms with E-state index in [1.54, 1.807) is 0 Å². The number of aliphatic hydroxyl groups is 1. The Hall–Kier alpha value is -0.570. The zero-order chi connectivity index (χ0) is 10.7. The average molecular weight is 211 g/mol. The Bertz CT molecular complexity index is 224. The predicted molar refractivity (Wildman–Crippen MR) is 58.3 cm³/mol. The second kappa shape index (κ2) is 4.97. The van der Waals surface area contributed by atoms with Crippen molar-refractivity contribution in [3.05, 3.63) is 0 Å². The monoisotopic (exact) mass is 211 g/mol. The minimum Gasteiger partial charge on any atom is -0.393 e. The van der Waals surface area contributed by atoms with Crippen LogP contribution >= 0.6 is 0 Å². The van der Waals surface area contributed by atoms with E-state index in [4.69, 9.17) is 0 Å². The summed E-state index contributed by atoms with van der Waals surface area (Å²) in [6.45, 7) is 0.677. The number of aliphatic hydroxyl groups excluding tert-OH is 1. The van der Waals surface area contributed by atoms with E-state index >= 15 is 0 Å². The Kier molecular flexibility index (Phi) is 3.62. The van der Waals surface area contributed by atoms with Gasteiger partial charge in [0, 0.05) is 18.4 Å². The Morgan fingerprint density at radius 3 is 2.47 bits per heavy atom. The van der Waals surface area contributed by atoms with Crippen molar-refractivity contribution in [2.75, 3.05) is 6.54 Å². The summed E-state index contributed by atoms with van der Waals surface area (Å²) in [5.41, 5.74) is 0. The molecule has 0 aromatic carbocycles. The summed E-state index contributed by atoms with van der Waals surface area (Å²) < 4.78 is 0. The zero-order valence-electron chi connectivity index (χ0n) is 9.24. The topological polar surface area (TPSA) is 49.3 Å². The molecule has 2 unspecified atom stereocenters. The highest BCUT2D eigenvalue weighted by molar-refractivity contribution is 5.78. The van der Waals surface area contributed by atoms with Crippen LogP contribution in [0.25, 0.3) is 0 Å². The molecule has 0 radical (unpaired) electrons. The standard InChI is InChI=1S/C12H21NO2/c14-11-7-3-6-10(11)8-13-12(15)9-4-1-2-5-9/h9-11,14H,1-8H2,(H,13,15). The maximum atomic E-state index is 11.7. The molecule has 0 spiro atoms. The molecular weight excluding hydrogens is 190 g/mol. The molecule has 2 fully saturated rings. The van der Waals surface area contributed by atoms with Crippen molar-refractivity contribution in [2.45, 2.75) is 51.0 Å². The lowest BCUT2D eigenvalue weighted by molar-refractivity contribution is -0.125. The maximum Gasteiger partial charge on any atom is 0.223 e. The van der Waals surface area contributed by atoms with E-state index in [0.717, 1.165) is 32.1 Å². The first-order valence-electron chi connectivity index (χ1n) is 6.23. The van der Waals surface area contributed by atoms with E-state index in [1.165, 1.54) is 12.8 Å². The lowest BCUT2D eigenvalue weighted by Crippen LogP contribution is -2.35. The molecule has 0 heterocycles. The summed E-state index contributed by atoms with van der Waals surface area (Å²) in [5.74, 6) is 0.769. The Morgan fingerprint density at radius 2 is 1.87 bits per heavy atom. The number of nitrogens with one attached hydrogen (secondary N) is 1. The van der Waals surface area contributed by atoms with Crippen molar-refractivity contribution in [3.8, 4) is 0 Å². The minimum absolute atomic E-state index is 0.186. The van der Waals surface area contributed by atoms with Crippen molar-refractivity contribution in [2.24, 2.45) is 11.8 Å². The number of hydrogen-bond donors (Lipinski definition) is 2. The van der Waals surface area contributed by atoms with Crippen LogP contribution in [0.15, 0.2) is 0 Å². The van der Waals surface area contributed by atoms with Gasteiger partial charge in [0.05, 0.1) is 6.10 Å². The molecule has 2 N–H and O–H groups in total. The van der Waals surface area contributed by atoms with Crippen LogP contribution in [0.5, 0.6) is 0 Å². The molecule has 2 saturated carbocycles. The van der Waals surface area contributed by atoms with E-state index in [1.807, 2.05) is 0 Å². The first-order valence-corrected chi connectivity index (χ1v) is 6.23. The molecule has 0 bridgehead atoms. The number of amides is 1. The third-order valence-electron chi connectivity index (χ3n) is 3.88. The highest BCUT2D eigenvalue weighted by atomic mass is 16.3. The Balaban J connectivity index is 1.70. The van der Waals surface area contributed by atoms with Gasteiger partial charge in [-0.15, -0.1) is 0 Å². The van der Waals surface area contributed by atoms with Crippen LogP contribution < -0.4 is 5.32 Å². The van der Waals surface area contributed by atoms with Crippen molar-refractivity contribution in [1.29, 1.82) is 0 Å². The van der Waals surface area contributed by atoms with E-state index in [2.05, 4.69) is 5.32 Å². The van der Waals surface area contributed by atoms with Crippen LogP contribution in [0.3, 0.4) is 0 Å². The smallest absolute Gasteiger partial charge is 0.223 e. The van der Waals surface area contributed by atoms with Crippen LogP contribution in [0.4, 0.5) is 0 Å². The largest absolute Gasteiger partial charge is 0.393 e. The van der Waals surface area contributed by atoms with Gasteiger partial charge in [0.1, 0.15) is 0 Å². The van der Waals surface area contributed by atoms with Crippen LogP contribution in [0.1, 0.15) is 44.9 Å². The highest BCUT2D eigenvalue weighted by Gasteiger charge is 2.27. The molecule has 3 heteroatoms. The predicted octanol–water partition coefficient (Wildman–Crippen LogP) is 1.45. The lowest BCUT2D eigenvalue weighted by atomic mass is 10.0. The second-order valence-corrected chi connectivity index (χ2v) is 4.98. The Morgan fingerprint density at radius 1 is 1.13 bits per heavy atom. The molecule has 2 rings (SSSR count). The summed E-state index contributed by atoms with van der Waals surface area (Å²) in [7, 11) is 0. The van der Waals surface area contributed by atoms with Gasteiger partial charge in [-0.1, -0.05) is 19.3 Å². The lowest BCUT2D eigenvalue weighted by Gasteiger charge is -2.16. The van der Waals surface area contributed by atoms with Crippen LogP contribution in [-0.2, 0) is 4.79 Å². The SMILES string of the molecule is O=C(NCC1CCCC1O)C1CCCC1. The van der Waals surface area contributed by atoms with E-state index < -0.39 is 0 Å². The van der Waals surface area contributed by atoms with Crippen LogP contribution in [0.2, 0.25) is 0 Å². The van der Waals surface area contributed by atoms with Crippen molar-refractivity contribution in [1.82, 2.24) is 5.32 Å². The molecule has 86 valence electrons.